The molecule has 0 aromatic heterocycles. The molecule has 0 saturated carbocycles. The van der Waals surface area contributed by atoms with Crippen molar-refractivity contribution >= 4 is 17.6 Å². The lowest BCUT2D eigenvalue weighted by molar-refractivity contribution is -0.131. The van der Waals surface area contributed by atoms with E-state index in [4.69, 9.17) is 0 Å². The van der Waals surface area contributed by atoms with Gasteiger partial charge in [-0.1, -0.05) is 29.8 Å². The standard InChI is InChI=1S/C23H30FN5O/c1-18-3-5-19(6-4-18)17-27-23(25-2)26-12-11-22(30)29-15-13-28(14-16-29)21-9-7-20(24)8-10-21/h3-10H,11-17H2,1-2H3,(H2,25,26,27). The number of amides is 1. The summed E-state index contributed by atoms with van der Waals surface area (Å²) < 4.78 is 13.1. The molecule has 0 aliphatic carbocycles. The van der Waals surface area contributed by atoms with Crippen LogP contribution >= 0.6 is 0 Å². The van der Waals surface area contributed by atoms with Gasteiger partial charge < -0.3 is 20.4 Å². The quantitative estimate of drug-likeness (QED) is 0.567. The number of anilines is 1. The van der Waals surface area contributed by atoms with Crippen LogP contribution in [0.2, 0.25) is 0 Å². The summed E-state index contributed by atoms with van der Waals surface area (Å²) in [7, 11) is 1.72. The third kappa shape index (κ3) is 6.20. The zero-order valence-electron chi connectivity index (χ0n) is 17.7. The van der Waals surface area contributed by atoms with Crippen molar-refractivity contribution in [2.75, 3.05) is 44.7 Å². The van der Waals surface area contributed by atoms with Crippen LogP contribution < -0.4 is 15.5 Å². The topological polar surface area (TPSA) is 60.0 Å². The Kier molecular flexibility index (Phi) is 7.65. The summed E-state index contributed by atoms with van der Waals surface area (Å²) in [6, 6.07) is 14.9. The van der Waals surface area contributed by atoms with Crippen molar-refractivity contribution < 1.29 is 9.18 Å². The molecule has 1 amide bonds. The molecule has 160 valence electrons. The van der Waals surface area contributed by atoms with E-state index < -0.39 is 0 Å². The number of halogens is 1. The van der Waals surface area contributed by atoms with E-state index in [0.717, 1.165) is 18.8 Å². The van der Waals surface area contributed by atoms with E-state index in [1.807, 2.05) is 4.90 Å². The van der Waals surface area contributed by atoms with Crippen LogP contribution in [0.5, 0.6) is 0 Å². The lowest BCUT2D eigenvalue weighted by Crippen LogP contribution is -2.49. The fourth-order valence-electron chi connectivity index (χ4n) is 3.42. The van der Waals surface area contributed by atoms with Gasteiger partial charge >= 0.3 is 0 Å². The molecule has 2 aromatic carbocycles. The molecule has 30 heavy (non-hydrogen) atoms. The molecule has 7 heteroatoms. The number of carbonyl (C=O) groups excluding carboxylic acids is 1. The highest BCUT2D eigenvalue weighted by atomic mass is 19.1. The molecule has 1 aliphatic rings. The zero-order valence-corrected chi connectivity index (χ0v) is 17.7. The third-order valence-electron chi connectivity index (χ3n) is 5.26. The summed E-state index contributed by atoms with van der Waals surface area (Å²) in [6.45, 7) is 6.14. The molecule has 1 fully saturated rings. The fraction of sp³-hybridized carbons (Fsp3) is 0.391. The van der Waals surface area contributed by atoms with Gasteiger partial charge in [0.25, 0.3) is 0 Å². The van der Waals surface area contributed by atoms with Gasteiger partial charge in [0.2, 0.25) is 5.91 Å². The van der Waals surface area contributed by atoms with Crippen molar-refractivity contribution in [2.24, 2.45) is 4.99 Å². The highest BCUT2D eigenvalue weighted by Gasteiger charge is 2.21. The van der Waals surface area contributed by atoms with Gasteiger partial charge in [-0.3, -0.25) is 9.79 Å². The Labute approximate surface area is 177 Å². The minimum Gasteiger partial charge on any atom is -0.368 e. The molecule has 0 atom stereocenters. The van der Waals surface area contributed by atoms with Crippen LogP contribution in [0.4, 0.5) is 10.1 Å². The van der Waals surface area contributed by atoms with Crippen LogP contribution in [-0.4, -0.2) is 56.5 Å². The molecule has 1 heterocycles. The molecule has 0 bridgehead atoms. The van der Waals surface area contributed by atoms with E-state index in [1.165, 1.54) is 23.3 Å². The maximum absolute atomic E-state index is 13.1. The minimum absolute atomic E-state index is 0.134. The summed E-state index contributed by atoms with van der Waals surface area (Å²) in [5.74, 6) is 0.586. The van der Waals surface area contributed by atoms with Gasteiger partial charge in [0.05, 0.1) is 0 Å². The number of hydrogen-bond acceptors (Lipinski definition) is 3. The Morgan fingerprint density at radius 2 is 1.67 bits per heavy atom. The van der Waals surface area contributed by atoms with Crippen LogP contribution in [0, 0.1) is 12.7 Å². The molecular weight excluding hydrogens is 381 g/mol. The summed E-state index contributed by atoms with van der Waals surface area (Å²) in [5, 5.41) is 6.47. The van der Waals surface area contributed by atoms with Gasteiger partial charge in [-0.05, 0) is 36.8 Å². The van der Waals surface area contributed by atoms with Crippen LogP contribution in [-0.2, 0) is 11.3 Å². The second-order valence-corrected chi connectivity index (χ2v) is 7.43. The van der Waals surface area contributed by atoms with Gasteiger partial charge in [-0.2, -0.15) is 0 Å². The molecule has 0 unspecified atom stereocenters. The number of nitrogens with one attached hydrogen (secondary N) is 2. The number of hydrogen-bond donors (Lipinski definition) is 2. The Morgan fingerprint density at radius 1 is 1.00 bits per heavy atom. The molecule has 2 aromatic rings. The van der Waals surface area contributed by atoms with E-state index >= 15 is 0 Å². The number of benzene rings is 2. The number of rotatable bonds is 6. The normalized spacial score (nSPS) is 14.6. The Bertz CT molecular complexity index is 843. The van der Waals surface area contributed by atoms with Gasteiger partial charge in [0.1, 0.15) is 5.82 Å². The van der Waals surface area contributed by atoms with Gasteiger partial charge in [0, 0.05) is 58.4 Å². The molecule has 1 aliphatic heterocycles. The maximum atomic E-state index is 13.1. The molecule has 0 spiro atoms. The first-order chi connectivity index (χ1) is 14.5. The molecule has 3 rings (SSSR count). The molecular formula is C23H30FN5O. The zero-order chi connectivity index (χ0) is 21.3. The summed E-state index contributed by atoms with van der Waals surface area (Å²) in [5.41, 5.74) is 3.41. The number of nitrogens with zero attached hydrogens (tertiary/aromatic N) is 3. The second-order valence-electron chi connectivity index (χ2n) is 7.43. The largest absolute Gasteiger partial charge is 0.368 e. The minimum atomic E-state index is -0.233. The van der Waals surface area contributed by atoms with E-state index in [9.17, 15) is 9.18 Å². The van der Waals surface area contributed by atoms with E-state index in [0.29, 0.717) is 38.6 Å². The maximum Gasteiger partial charge on any atom is 0.224 e. The van der Waals surface area contributed by atoms with Crippen LogP contribution in [0.1, 0.15) is 17.5 Å². The monoisotopic (exact) mass is 411 g/mol. The highest BCUT2D eigenvalue weighted by molar-refractivity contribution is 5.81. The van der Waals surface area contributed by atoms with Crippen molar-refractivity contribution in [1.29, 1.82) is 0 Å². The Hall–Kier alpha value is -3.09. The van der Waals surface area contributed by atoms with Crippen molar-refractivity contribution in [2.45, 2.75) is 19.9 Å². The number of aryl methyl sites for hydroxylation is 1. The van der Waals surface area contributed by atoms with Crippen molar-refractivity contribution in [3.05, 3.63) is 65.5 Å². The van der Waals surface area contributed by atoms with Gasteiger partial charge in [-0.25, -0.2) is 4.39 Å². The fourth-order valence-corrected chi connectivity index (χ4v) is 3.42. The first-order valence-electron chi connectivity index (χ1n) is 10.3. The molecule has 1 saturated heterocycles. The summed E-state index contributed by atoms with van der Waals surface area (Å²) >= 11 is 0. The first-order valence-corrected chi connectivity index (χ1v) is 10.3. The summed E-state index contributed by atoms with van der Waals surface area (Å²) in [6.07, 6.45) is 0.418. The van der Waals surface area contributed by atoms with Crippen molar-refractivity contribution in [3.63, 3.8) is 0 Å². The van der Waals surface area contributed by atoms with Crippen LogP contribution in [0.15, 0.2) is 53.5 Å². The molecule has 2 N–H and O–H groups in total. The number of guanidine groups is 1. The number of aliphatic imine (C=N–C) groups is 1. The number of piperazine rings is 1. The predicted octanol–water partition coefficient (Wildman–Crippen LogP) is 2.54. The van der Waals surface area contributed by atoms with Gasteiger partial charge in [-0.15, -0.1) is 0 Å². The number of carbonyl (C=O) groups is 1. The van der Waals surface area contributed by atoms with Crippen LogP contribution in [0.25, 0.3) is 0 Å². The molecule has 6 nitrogen and oxygen atoms in total. The lowest BCUT2D eigenvalue weighted by atomic mass is 10.1. The predicted molar refractivity (Wildman–Crippen MR) is 119 cm³/mol. The van der Waals surface area contributed by atoms with E-state index in [2.05, 4.69) is 51.7 Å². The average Bonchev–Trinajstić information content (AvgIpc) is 2.77. The SMILES string of the molecule is CN=C(NCCC(=O)N1CCN(c2ccc(F)cc2)CC1)NCc1ccc(C)cc1. The summed E-state index contributed by atoms with van der Waals surface area (Å²) in [4.78, 5) is 20.8. The highest BCUT2D eigenvalue weighted by Crippen LogP contribution is 2.17. The smallest absolute Gasteiger partial charge is 0.224 e. The van der Waals surface area contributed by atoms with Crippen molar-refractivity contribution in [3.8, 4) is 0 Å². The van der Waals surface area contributed by atoms with Crippen molar-refractivity contribution in [1.82, 2.24) is 15.5 Å². The Morgan fingerprint density at radius 3 is 2.30 bits per heavy atom. The van der Waals surface area contributed by atoms with E-state index in [1.54, 1.807) is 19.2 Å². The first kappa shape index (κ1) is 21.6. The lowest BCUT2D eigenvalue weighted by Gasteiger charge is -2.36. The van der Waals surface area contributed by atoms with Crippen LogP contribution in [0.3, 0.4) is 0 Å². The van der Waals surface area contributed by atoms with E-state index in [-0.39, 0.29) is 11.7 Å². The Balaban J connectivity index is 1.36. The third-order valence-corrected chi connectivity index (χ3v) is 5.26. The average molecular weight is 412 g/mol. The molecule has 0 radical (unpaired) electrons. The second kappa shape index (κ2) is 10.6. The van der Waals surface area contributed by atoms with Gasteiger partial charge in [0.15, 0.2) is 5.96 Å².